The fraction of sp³-hybridized carbons (Fsp3) is 0.500. The Labute approximate surface area is 90.1 Å². The lowest BCUT2D eigenvalue weighted by Crippen LogP contribution is -2.26. The van der Waals surface area contributed by atoms with Crippen molar-refractivity contribution in [3.8, 4) is 0 Å². The van der Waals surface area contributed by atoms with Gasteiger partial charge in [0.15, 0.2) is 0 Å². The fourth-order valence-corrected chi connectivity index (χ4v) is 1.38. The predicted octanol–water partition coefficient (Wildman–Crippen LogP) is 2.10. The highest BCUT2D eigenvalue weighted by Crippen LogP contribution is 2.15. The van der Waals surface area contributed by atoms with Gasteiger partial charge in [-0.25, -0.2) is 4.39 Å². The van der Waals surface area contributed by atoms with Crippen molar-refractivity contribution in [3.05, 3.63) is 35.6 Å². The van der Waals surface area contributed by atoms with Crippen LogP contribution in [-0.2, 0) is 0 Å². The maximum absolute atomic E-state index is 13.4. The van der Waals surface area contributed by atoms with Crippen LogP contribution in [0.4, 0.5) is 4.39 Å². The van der Waals surface area contributed by atoms with E-state index in [1.54, 1.807) is 12.1 Å². The number of halogens is 1. The van der Waals surface area contributed by atoms with Gasteiger partial charge in [0.05, 0.1) is 0 Å². The first kappa shape index (κ1) is 12.1. The third-order valence-electron chi connectivity index (χ3n) is 2.46. The minimum atomic E-state index is -0.186. The number of rotatable bonds is 5. The Bertz CT molecular complexity index is 303. The van der Waals surface area contributed by atoms with E-state index in [4.69, 9.17) is 5.11 Å². The van der Waals surface area contributed by atoms with Gasteiger partial charge >= 0.3 is 0 Å². The molecule has 0 spiro atoms. The monoisotopic (exact) mass is 211 g/mol. The zero-order valence-corrected chi connectivity index (χ0v) is 9.20. The molecule has 0 radical (unpaired) electrons. The molecule has 0 fully saturated rings. The van der Waals surface area contributed by atoms with Crippen LogP contribution in [0, 0.1) is 11.7 Å². The second kappa shape index (κ2) is 5.83. The molecule has 2 N–H and O–H groups in total. The molecule has 0 aliphatic carbocycles. The smallest absolute Gasteiger partial charge is 0.127 e. The van der Waals surface area contributed by atoms with E-state index in [0.717, 1.165) is 0 Å². The number of hydrogen-bond donors (Lipinski definition) is 2. The highest BCUT2D eigenvalue weighted by atomic mass is 19.1. The average Bonchev–Trinajstić information content (AvgIpc) is 2.26. The summed E-state index contributed by atoms with van der Waals surface area (Å²) < 4.78 is 13.4. The van der Waals surface area contributed by atoms with Gasteiger partial charge in [0, 0.05) is 24.8 Å². The first-order chi connectivity index (χ1) is 7.15. The molecule has 0 saturated heterocycles. The Hall–Kier alpha value is -0.930. The molecule has 84 valence electrons. The van der Waals surface area contributed by atoms with E-state index in [1.807, 2.05) is 19.9 Å². The summed E-state index contributed by atoms with van der Waals surface area (Å²) in [4.78, 5) is 0. The molecule has 1 unspecified atom stereocenters. The van der Waals surface area contributed by atoms with Crippen LogP contribution in [0.1, 0.15) is 25.5 Å². The molecule has 15 heavy (non-hydrogen) atoms. The van der Waals surface area contributed by atoms with Gasteiger partial charge in [0.25, 0.3) is 0 Å². The normalized spacial score (nSPS) is 14.9. The molecular formula is C12H18FNO. The second-order valence-electron chi connectivity index (χ2n) is 3.94. The largest absolute Gasteiger partial charge is 0.396 e. The molecule has 1 aromatic rings. The SMILES string of the molecule is CC(CO)CN[C@H](C)c1ccccc1F. The van der Waals surface area contributed by atoms with Crippen LogP contribution in [0.2, 0.25) is 0 Å². The van der Waals surface area contributed by atoms with E-state index < -0.39 is 0 Å². The predicted molar refractivity (Wildman–Crippen MR) is 59.1 cm³/mol. The molecule has 1 rings (SSSR count). The Balaban J connectivity index is 2.54. The van der Waals surface area contributed by atoms with E-state index in [9.17, 15) is 4.39 Å². The molecule has 2 atom stereocenters. The summed E-state index contributed by atoms with van der Waals surface area (Å²) in [7, 11) is 0. The van der Waals surface area contributed by atoms with Crippen molar-refractivity contribution in [3.63, 3.8) is 0 Å². The summed E-state index contributed by atoms with van der Waals surface area (Å²) >= 11 is 0. The van der Waals surface area contributed by atoms with Crippen molar-refractivity contribution in [1.82, 2.24) is 5.32 Å². The van der Waals surface area contributed by atoms with Gasteiger partial charge in [-0.15, -0.1) is 0 Å². The van der Waals surface area contributed by atoms with Gasteiger partial charge < -0.3 is 10.4 Å². The van der Waals surface area contributed by atoms with Crippen LogP contribution in [0.15, 0.2) is 24.3 Å². The van der Waals surface area contributed by atoms with Crippen LogP contribution in [0.3, 0.4) is 0 Å². The topological polar surface area (TPSA) is 32.3 Å². The number of nitrogens with one attached hydrogen (secondary N) is 1. The minimum absolute atomic E-state index is 0.0276. The van der Waals surface area contributed by atoms with Gasteiger partial charge in [-0.1, -0.05) is 25.1 Å². The number of aliphatic hydroxyl groups excluding tert-OH is 1. The van der Waals surface area contributed by atoms with E-state index >= 15 is 0 Å². The summed E-state index contributed by atoms with van der Waals surface area (Å²) in [5, 5.41) is 12.0. The molecule has 0 aliphatic heterocycles. The van der Waals surface area contributed by atoms with E-state index in [2.05, 4.69) is 5.32 Å². The number of aliphatic hydroxyl groups is 1. The maximum Gasteiger partial charge on any atom is 0.127 e. The van der Waals surface area contributed by atoms with E-state index in [0.29, 0.717) is 12.1 Å². The Kier molecular flexibility index (Phi) is 4.72. The van der Waals surface area contributed by atoms with E-state index in [1.165, 1.54) is 6.07 Å². The summed E-state index contributed by atoms with van der Waals surface area (Å²) in [6, 6.07) is 6.72. The summed E-state index contributed by atoms with van der Waals surface area (Å²) in [5.74, 6) is 0.00775. The van der Waals surface area contributed by atoms with Crippen molar-refractivity contribution in [2.24, 2.45) is 5.92 Å². The van der Waals surface area contributed by atoms with Crippen molar-refractivity contribution >= 4 is 0 Å². The van der Waals surface area contributed by atoms with Crippen LogP contribution in [0.5, 0.6) is 0 Å². The molecule has 0 saturated carbocycles. The number of hydrogen-bond acceptors (Lipinski definition) is 2. The van der Waals surface area contributed by atoms with Gasteiger partial charge in [0.2, 0.25) is 0 Å². The Morgan fingerprint density at radius 1 is 1.33 bits per heavy atom. The summed E-state index contributed by atoms with van der Waals surface area (Å²) in [5.41, 5.74) is 0.669. The molecular weight excluding hydrogens is 193 g/mol. The van der Waals surface area contributed by atoms with Crippen LogP contribution >= 0.6 is 0 Å². The highest BCUT2D eigenvalue weighted by molar-refractivity contribution is 5.20. The first-order valence-corrected chi connectivity index (χ1v) is 5.23. The van der Waals surface area contributed by atoms with Gasteiger partial charge in [-0.05, 0) is 18.9 Å². The quantitative estimate of drug-likeness (QED) is 0.781. The zero-order chi connectivity index (χ0) is 11.3. The summed E-state index contributed by atoms with van der Waals surface area (Å²) in [6.07, 6.45) is 0. The van der Waals surface area contributed by atoms with Crippen LogP contribution < -0.4 is 5.32 Å². The molecule has 0 bridgehead atoms. The van der Waals surface area contributed by atoms with Crippen molar-refractivity contribution < 1.29 is 9.50 Å². The van der Waals surface area contributed by atoms with Gasteiger partial charge in [-0.3, -0.25) is 0 Å². The Morgan fingerprint density at radius 2 is 2.00 bits per heavy atom. The zero-order valence-electron chi connectivity index (χ0n) is 9.20. The standard InChI is InChI=1S/C12H18FNO/c1-9(8-15)7-14-10(2)11-5-3-4-6-12(11)13/h3-6,9-10,14-15H,7-8H2,1-2H3/t9?,10-/m1/s1. The molecule has 0 amide bonds. The fourth-order valence-electron chi connectivity index (χ4n) is 1.38. The maximum atomic E-state index is 13.4. The van der Waals surface area contributed by atoms with Crippen molar-refractivity contribution in [2.75, 3.05) is 13.2 Å². The minimum Gasteiger partial charge on any atom is -0.396 e. The van der Waals surface area contributed by atoms with Crippen LogP contribution in [-0.4, -0.2) is 18.3 Å². The van der Waals surface area contributed by atoms with E-state index in [-0.39, 0.29) is 24.4 Å². The lowest BCUT2D eigenvalue weighted by Gasteiger charge is -2.17. The number of benzene rings is 1. The first-order valence-electron chi connectivity index (χ1n) is 5.23. The second-order valence-corrected chi connectivity index (χ2v) is 3.94. The molecule has 2 nitrogen and oxygen atoms in total. The molecule has 0 aromatic heterocycles. The average molecular weight is 211 g/mol. The van der Waals surface area contributed by atoms with Crippen LogP contribution in [0.25, 0.3) is 0 Å². The summed E-state index contributed by atoms with van der Waals surface area (Å²) in [6.45, 7) is 4.70. The molecule has 0 heterocycles. The lowest BCUT2D eigenvalue weighted by molar-refractivity contribution is 0.230. The lowest BCUT2D eigenvalue weighted by atomic mass is 10.1. The third kappa shape index (κ3) is 3.61. The molecule has 3 heteroatoms. The highest BCUT2D eigenvalue weighted by Gasteiger charge is 2.10. The van der Waals surface area contributed by atoms with Crippen molar-refractivity contribution in [2.45, 2.75) is 19.9 Å². The molecule has 0 aliphatic rings. The van der Waals surface area contributed by atoms with Crippen molar-refractivity contribution in [1.29, 1.82) is 0 Å². The van der Waals surface area contributed by atoms with Gasteiger partial charge in [0.1, 0.15) is 5.82 Å². The third-order valence-corrected chi connectivity index (χ3v) is 2.46. The molecule has 1 aromatic carbocycles. The Morgan fingerprint density at radius 3 is 2.60 bits per heavy atom. The van der Waals surface area contributed by atoms with Gasteiger partial charge in [-0.2, -0.15) is 0 Å².